The molecular weight excluding hydrogens is 524 g/mol. The van der Waals surface area contributed by atoms with Crippen LogP contribution in [0, 0.1) is 5.92 Å². The molecule has 3 aromatic rings. The summed E-state index contributed by atoms with van der Waals surface area (Å²) in [6.45, 7) is 4.51. The third kappa shape index (κ3) is 6.77. The van der Waals surface area contributed by atoms with Gasteiger partial charge in [0.05, 0.1) is 18.4 Å². The Labute approximate surface area is 242 Å². The SMILES string of the molecule is COc1ccccc1-c1ccc(C(=O)NCCc2cccc(Cl)c2)c(N2CCC(N3CCC[C@H](CO)C3)CC2)n1. The van der Waals surface area contributed by atoms with Gasteiger partial charge in [0, 0.05) is 49.4 Å². The molecule has 0 unspecified atom stereocenters. The largest absolute Gasteiger partial charge is 0.496 e. The zero-order chi connectivity index (χ0) is 27.9. The Hall–Kier alpha value is -3.13. The maximum Gasteiger partial charge on any atom is 0.255 e. The third-order valence-corrected chi connectivity index (χ3v) is 8.42. The number of ether oxygens (including phenoxy) is 1. The molecule has 0 radical (unpaired) electrons. The number of halogens is 1. The first-order chi connectivity index (χ1) is 19.6. The smallest absolute Gasteiger partial charge is 0.255 e. The number of para-hydroxylation sites is 1. The van der Waals surface area contributed by atoms with E-state index in [1.807, 2.05) is 60.7 Å². The summed E-state index contributed by atoms with van der Waals surface area (Å²) in [5.41, 5.74) is 3.35. The Balaban J connectivity index is 1.34. The number of rotatable bonds is 9. The molecule has 2 fully saturated rings. The molecular formula is C32H39ClN4O3. The summed E-state index contributed by atoms with van der Waals surface area (Å²) in [7, 11) is 1.66. The highest BCUT2D eigenvalue weighted by molar-refractivity contribution is 6.30. The van der Waals surface area contributed by atoms with Crippen LogP contribution >= 0.6 is 11.6 Å². The normalized spacial score (nSPS) is 18.5. The second-order valence-corrected chi connectivity index (χ2v) is 11.2. The van der Waals surface area contributed by atoms with E-state index in [0.717, 1.165) is 74.4 Å². The standard InChI is InChI=1S/C32H39ClN4O3/c1-40-30-10-3-2-9-27(30)29-12-11-28(32(39)34-16-13-23-6-4-8-25(33)20-23)31(35-29)36-18-14-26(15-19-36)37-17-5-7-24(21-37)22-38/h2-4,6,8-12,20,24,26,38H,5,7,13-19,21-22H2,1H3,(H,34,39)/t24-/m0/s1. The van der Waals surface area contributed by atoms with Crippen LogP contribution in [0.5, 0.6) is 5.75 Å². The summed E-state index contributed by atoms with van der Waals surface area (Å²) in [4.78, 5) is 23.3. The zero-order valence-corrected chi connectivity index (χ0v) is 23.9. The van der Waals surface area contributed by atoms with Gasteiger partial charge in [-0.25, -0.2) is 4.98 Å². The monoisotopic (exact) mass is 562 g/mol. The number of nitrogens with one attached hydrogen (secondary N) is 1. The number of aliphatic hydroxyl groups is 1. The van der Waals surface area contributed by atoms with Crippen LogP contribution in [0.1, 0.15) is 41.6 Å². The Kier molecular flexibility index (Phi) is 9.57. The minimum Gasteiger partial charge on any atom is -0.496 e. The van der Waals surface area contributed by atoms with Crippen LogP contribution in [0.25, 0.3) is 11.3 Å². The molecule has 7 nitrogen and oxygen atoms in total. The third-order valence-electron chi connectivity index (χ3n) is 8.18. The molecule has 1 aromatic heterocycles. The molecule has 2 N–H and O–H groups in total. The van der Waals surface area contributed by atoms with Crippen LogP contribution < -0.4 is 15.0 Å². The van der Waals surface area contributed by atoms with Gasteiger partial charge in [0.2, 0.25) is 0 Å². The summed E-state index contributed by atoms with van der Waals surface area (Å²) >= 11 is 6.13. The van der Waals surface area contributed by atoms with Gasteiger partial charge in [0.25, 0.3) is 5.91 Å². The van der Waals surface area contributed by atoms with Crippen molar-refractivity contribution >= 4 is 23.3 Å². The van der Waals surface area contributed by atoms with Crippen molar-refractivity contribution in [3.63, 3.8) is 0 Å². The van der Waals surface area contributed by atoms with Gasteiger partial charge in [-0.2, -0.15) is 0 Å². The fourth-order valence-electron chi connectivity index (χ4n) is 6.00. The Bertz CT molecular complexity index is 1290. The molecule has 0 bridgehead atoms. The van der Waals surface area contributed by atoms with Gasteiger partial charge in [0.1, 0.15) is 11.6 Å². The van der Waals surface area contributed by atoms with E-state index in [4.69, 9.17) is 21.3 Å². The highest BCUT2D eigenvalue weighted by atomic mass is 35.5. The molecule has 1 atom stereocenters. The van der Waals surface area contributed by atoms with Gasteiger partial charge >= 0.3 is 0 Å². The number of nitrogens with zero attached hydrogens (tertiary/aromatic N) is 3. The number of methoxy groups -OCH3 is 1. The second-order valence-electron chi connectivity index (χ2n) is 10.8. The van der Waals surface area contributed by atoms with Gasteiger partial charge in [-0.15, -0.1) is 0 Å². The zero-order valence-electron chi connectivity index (χ0n) is 23.2. The Morgan fingerprint density at radius 3 is 2.67 bits per heavy atom. The van der Waals surface area contributed by atoms with Crippen molar-refractivity contribution in [1.82, 2.24) is 15.2 Å². The summed E-state index contributed by atoms with van der Waals surface area (Å²) in [6, 6.07) is 19.9. The summed E-state index contributed by atoms with van der Waals surface area (Å²) in [5.74, 6) is 1.73. The number of piperidine rings is 2. The summed E-state index contributed by atoms with van der Waals surface area (Å²) in [5, 5.41) is 13.5. The molecule has 3 heterocycles. The van der Waals surface area contributed by atoms with Gasteiger partial charge in [0.15, 0.2) is 0 Å². The fraction of sp³-hybridized carbons (Fsp3) is 0.438. The number of hydrogen-bond donors (Lipinski definition) is 2. The van der Waals surface area contributed by atoms with Crippen LogP contribution in [0.15, 0.2) is 60.7 Å². The topological polar surface area (TPSA) is 77.9 Å². The van der Waals surface area contributed by atoms with E-state index in [1.54, 1.807) is 7.11 Å². The highest BCUT2D eigenvalue weighted by Gasteiger charge is 2.30. The van der Waals surface area contributed by atoms with Crippen LogP contribution in [0.2, 0.25) is 5.02 Å². The van der Waals surface area contributed by atoms with Crippen LogP contribution in [-0.4, -0.2) is 73.4 Å². The molecule has 0 spiro atoms. The minimum absolute atomic E-state index is 0.125. The predicted octanol–water partition coefficient (Wildman–Crippen LogP) is 5.06. The Morgan fingerprint density at radius 2 is 1.90 bits per heavy atom. The molecule has 0 saturated carbocycles. The van der Waals surface area contributed by atoms with Crippen molar-refractivity contribution in [3.05, 3.63) is 76.8 Å². The number of hydrogen-bond acceptors (Lipinski definition) is 6. The number of aromatic nitrogens is 1. The summed E-state index contributed by atoms with van der Waals surface area (Å²) in [6.07, 6.45) is 4.97. The van der Waals surface area contributed by atoms with Crippen LogP contribution in [-0.2, 0) is 6.42 Å². The van der Waals surface area contributed by atoms with E-state index in [9.17, 15) is 9.90 Å². The molecule has 2 aliphatic heterocycles. The number of pyridine rings is 1. The lowest BCUT2D eigenvalue weighted by molar-refractivity contribution is 0.0777. The van der Waals surface area contributed by atoms with E-state index in [1.165, 1.54) is 0 Å². The maximum atomic E-state index is 13.5. The molecule has 40 heavy (non-hydrogen) atoms. The van der Waals surface area contributed by atoms with Gasteiger partial charge < -0.3 is 20.1 Å². The molecule has 5 rings (SSSR count). The number of likely N-dealkylation sites (tertiary alicyclic amines) is 1. The first kappa shape index (κ1) is 28.4. The average molecular weight is 563 g/mol. The number of carbonyl (C=O) groups is 1. The molecule has 2 saturated heterocycles. The van der Waals surface area contributed by atoms with Crippen molar-refractivity contribution in [2.45, 2.75) is 38.1 Å². The quantitative estimate of drug-likeness (QED) is 0.380. The number of benzene rings is 2. The van der Waals surface area contributed by atoms with Gasteiger partial charge in [-0.05, 0) is 86.5 Å². The van der Waals surface area contributed by atoms with Crippen LogP contribution in [0.3, 0.4) is 0 Å². The number of carbonyl (C=O) groups excluding carboxylic acids is 1. The summed E-state index contributed by atoms with van der Waals surface area (Å²) < 4.78 is 5.60. The molecule has 2 aromatic carbocycles. The van der Waals surface area contributed by atoms with Crippen molar-refractivity contribution in [3.8, 4) is 17.0 Å². The highest BCUT2D eigenvalue weighted by Crippen LogP contribution is 2.33. The van der Waals surface area contributed by atoms with Crippen LogP contribution in [0.4, 0.5) is 5.82 Å². The van der Waals surface area contributed by atoms with E-state index in [2.05, 4.69) is 15.1 Å². The number of aliphatic hydroxyl groups excluding tert-OH is 1. The van der Waals surface area contributed by atoms with E-state index in [-0.39, 0.29) is 12.5 Å². The number of anilines is 1. The lowest BCUT2D eigenvalue weighted by Gasteiger charge is -2.42. The van der Waals surface area contributed by atoms with Gasteiger partial charge in [-0.1, -0.05) is 35.9 Å². The first-order valence-corrected chi connectivity index (χ1v) is 14.7. The van der Waals surface area contributed by atoms with Crippen molar-refractivity contribution in [1.29, 1.82) is 0 Å². The maximum absolute atomic E-state index is 13.5. The van der Waals surface area contributed by atoms with E-state index < -0.39 is 0 Å². The molecule has 212 valence electrons. The lowest BCUT2D eigenvalue weighted by Crippen LogP contribution is -2.49. The molecule has 0 aliphatic carbocycles. The molecule has 2 aliphatic rings. The average Bonchev–Trinajstić information content (AvgIpc) is 3.01. The number of amides is 1. The van der Waals surface area contributed by atoms with Crippen molar-refractivity contribution in [2.75, 3.05) is 51.3 Å². The molecule has 8 heteroatoms. The van der Waals surface area contributed by atoms with Crippen molar-refractivity contribution < 1.29 is 14.6 Å². The lowest BCUT2D eigenvalue weighted by atomic mass is 9.94. The van der Waals surface area contributed by atoms with Gasteiger partial charge in [-0.3, -0.25) is 9.69 Å². The Morgan fingerprint density at radius 1 is 1.07 bits per heavy atom. The molecule has 1 amide bonds. The first-order valence-electron chi connectivity index (χ1n) is 14.3. The van der Waals surface area contributed by atoms with E-state index >= 15 is 0 Å². The van der Waals surface area contributed by atoms with E-state index in [0.29, 0.717) is 41.3 Å². The minimum atomic E-state index is -0.125. The van der Waals surface area contributed by atoms with Crippen molar-refractivity contribution in [2.24, 2.45) is 5.92 Å². The fourth-order valence-corrected chi connectivity index (χ4v) is 6.21. The predicted molar refractivity (Wildman–Crippen MR) is 160 cm³/mol. The second kappa shape index (κ2) is 13.5.